The van der Waals surface area contributed by atoms with Crippen LogP contribution in [0.3, 0.4) is 0 Å². The molecule has 0 spiro atoms. The van der Waals surface area contributed by atoms with E-state index in [0.717, 1.165) is 5.56 Å². The van der Waals surface area contributed by atoms with Gasteiger partial charge >= 0.3 is 5.97 Å². The number of hydrogen-bond donors (Lipinski definition) is 3. The van der Waals surface area contributed by atoms with Crippen LogP contribution in [0, 0.1) is 6.92 Å². The molecule has 0 aliphatic rings. The molecule has 0 heterocycles. The van der Waals surface area contributed by atoms with E-state index in [1.54, 1.807) is 18.2 Å². The van der Waals surface area contributed by atoms with Gasteiger partial charge in [0, 0.05) is 0 Å². The lowest BCUT2D eigenvalue weighted by Gasteiger charge is -2.14. The van der Waals surface area contributed by atoms with E-state index >= 15 is 0 Å². The predicted molar refractivity (Wildman–Crippen MR) is 72.3 cm³/mol. The van der Waals surface area contributed by atoms with E-state index in [1.807, 2.05) is 31.2 Å². The minimum absolute atomic E-state index is 0.234. The zero-order valence-electron chi connectivity index (χ0n) is 9.97. The lowest BCUT2D eigenvalue weighted by molar-refractivity contribution is 0.0698. The Balaban J connectivity index is 2.46. The Morgan fingerprint density at radius 2 is 1.89 bits per heavy atom. The van der Waals surface area contributed by atoms with Crippen LogP contribution < -0.4 is 11.1 Å². The first-order valence-electron chi connectivity index (χ1n) is 5.54. The van der Waals surface area contributed by atoms with Gasteiger partial charge in [0.2, 0.25) is 0 Å². The van der Waals surface area contributed by atoms with Crippen molar-refractivity contribution < 1.29 is 9.90 Å². The number of para-hydroxylation sites is 3. The summed E-state index contributed by atoms with van der Waals surface area (Å²) in [6.07, 6.45) is 0. The second kappa shape index (κ2) is 4.79. The number of nitrogens with two attached hydrogens (primary N) is 1. The number of carbonyl (C=O) groups is 1. The van der Waals surface area contributed by atoms with Crippen molar-refractivity contribution in [3.8, 4) is 0 Å². The van der Waals surface area contributed by atoms with Gasteiger partial charge in [-0.1, -0.05) is 24.3 Å². The molecular formula is C14H14N2O2. The molecule has 4 heteroatoms. The molecule has 0 saturated carbocycles. The first-order valence-corrected chi connectivity index (χ1v) is 5.54. The van der Waals surface area contributed by atoms with Gasteiger partial charge in [0.15, 0.2) is 0 Å². The molecule has 0 atom stereocenters. The van der Waals surface area contributed by atoms with Crippen molar-refractivity contribution in [3.05, 3.63) is 53.6 Å². The summed E-state index contributed by atoms with van der Waals surface area (Å²) in [7, 11) is 0. The van der Waals surface area contributed by atoms with Gasteiger partial charge in [-0.05, 0) is 30.7 Å². The molecule has 0 aliphatic heterocycles. The van der Waals surface area contributed by atoms with Crippen molar-refractivity contribution in [1.29, 1.82) is 0 Å². The number of rotatable bonds is 3. The highest BCUT2D eigenvalue weighted by Gasteiger charge is 2.12. The van der Waals surface area contributed by atoms with Crippen LogP contribution >= 0.6 is 0 Å². The molecule has 2 aromatic carbocycles. The maximum atomic E-state index is 11.2. The second-order valence-electron chi connectivity index (χ2n) is 4.01. The molecule has 0 aromatic heterocycles. The highest BCUT2D eigenvalue weighted by molar-refractivity contribution is 5.96. The van der Waals surface area contributed by atoms with Crippen LogP contribution in [0.5, 0.6) is 0 Å². The fourth-order valence-corrected chi connectivity index (χ4v) is 1.76. The standard InChI is InChI=1S/C14H14N2O2/c1-9-5-4-6-10(14(17)18)13(9)16-12-8-3-2-7-11(12)15/h2-8,16H,15H2,1H3,(H,17,18). The Bertz CT molecular complexity index is 594. The molecule has 18 heavy (non-hydrogen) atoms. The van der Waals surface area contributed by atoms with Gasteiger partial charge < -0.3 is 16.2 Å². The zero-order chi connectivity index (χ0) is 13.1. The minimum atomic E-state index is -0.962. The third-order valence-corrected chi connectivity index (χ3v) is 2.72. The van der Waals surface area contributed by atoms with Gasteiger partial charge in [-0.25, -0.2) is 4.79 Å². The van der Waals surface area contributed by atoms with E-state index in [9.17, 15) is 4.79 Å². The van der Waals surface area contributed by atoms with Crippen molar-refractivity contribution in [3.63, 3.8) is 0 Å². The number of aromatic carboxylic acids is 1. The Morgan fingerprint density at radius 3 is 2.56 bits per heavy atom. The minimum Gasteiger partial charge on any atom is -0.478 e. The monoisotopic (exact) mass is 242 g/mol. The van der Waals surface area contributed by atoms with E-state index in [2.05, 4.69) is 5.32 Å². The van der Waals surface area contributed by atoms with E-state index in [1.165, 1.54) is 0 Å². The predicted octanol–water partition coefficient (Wildman–Crippen LogP) is 3.02. The summed E-state index contributed by atoms with van der Waals surface area (Å²) >= 11 is 0. The van der Waals surface area contributed by atoms with Crippen LogP contribution in [-0.4, -0.2) is 11.1 Å². The van der Waals surface area contributed by atoms with E-state index in [0.29, 0.717) is 17.1 Å². The van der Waals surface area contributed by atoms with Gasteiger partial charge in [0.25, 0.3) is 0 Å². The summed E-state index contributed by atoms with van der Waals surface area (Å²) < 4.78 is 0. The van der Waals surface area contributed by atoms with Crippen LogP contribution in [0.1, 0.15) is 15.9 Å². The topological polar surface area (TPSA) is 75.3 Å². The lowest BCUT2D eigenvalue weighted by atomic mass is 10.1. The average Bonchev–Trinajstić information content (AvgIpc) is 2.34. The summed E-state index contributed by atoms with van der Waals surface area (Å²) in [6, 6.07) is 12.4. The van der Waals surface area contributed by atoms with Crippen LogP contribution in [0.4, 0.5) is 17.1 Å². The van der Waals surface area contributed by atoms with Crippen molar-refractivity contribution in [1.82, 2.24) is 0 Å². The number of benzene rings is 2. The van der Waals surface area contributed by atoms with E-state index < -0.39 is 5.97 Å². The van der Waals surface area contributed by atoms with Gasteiger partial charge in [0.1, 0.15) is 0 Å². The first-order chi connectivity index (χ1) is 8.59. The Labute approximate surface area is 105 Å². The van der Waals surface area contributed by atoms with Gasteiger partial charge in [-0.15, -0.1) is 0 Å². The molecule has 0 saturated heterocycles. The number of anilines is 3. The number of nitrogens with one attached hydrogen (secondary N) is 1. The van der Waals surface area contributed by atoms with Crippen molar-refractivity contribution >= 4 is 23.0 Å². The van der Waals surface area contributed by atoms with Crippen molar-refractivity contribution in [2.24, 2.45) is 0 Å². The summed E-state index contributed by atoms with van der Waals surface area (Å²) in [6.45, 7) is 1.86. The van der Waals surface area contributed by atoms with Crippen LogP contribution in [0.2, 0.25) is 0 Å². The fraction of sp³-hybridized carbons (Fsp3) is 0.0714. The van der Waals surface area contributed by atoms with Gasteiger partial charge in [-0.3, -0.25) is 0 Å². The molecule has 2 rings (SSSR count). The number of carboxylic acids is 1. The molecule has 0 radical (unpaired) electrons. The normalized spacial score (nSPS) is 10.1. The summed E-state index contributed by atoms with van der Waals surface area (Å²) in [5, 5.41) is 12.3. The SMILES string of the molecule is Cc1cccc(C(=O)O)c1Nc1ccccc1N. The fourth-order valence-electron chi connectivity index (χ4n) is 1.76. The number of carboxylic acid groups (broad SMARTS) is 1. The molecule has 0 aliphatic carbocycles. The number of aryl methyl sites for hydroxylation is 1. The Morgan fingerprint density at radius 1 is 1.17 bits per heavy atom. The second-order valence-corrected chi connectivity index (χ2v) is 4.01. The first kappa shape index (κ1) is 12.0. The van der Waals surface area contributed by atoms with Gasteiger partial charge in [-0.2, -0.15) is 0 Å². The van der Waals surface area contributed by atoms with Crippen LogP contribution in [-0.2, 0) is 0 Å². The number of nitrogen functional groups attached to an aromatic ring is 1. The summed E-state index contributed by atoms with van der Waals surface area (Å²) in [5.74, 6) is -0.962. The molecule has 4 N–H and O–H groups in total. The Hall–Kier alpha value is -2.49. The molecule has 0 bridgehead atoms. The maximum absolute atomic E-state index is 11.2. The largest absolute Gasteiger partial charge is 0.478 e. The van der Waals surface area contributed by atoms with Crippen molar-refractivity contribution in [2.75, 3.05) is 11.1 Å². The molecule has 0 fully saturated rings. The molecule has 2 aromatic rings. The van der Waals surface area contributed by atoms with Crippen LogP contribution in [0.25, 0.3) is 0 Å². The third-order valence-electron chi connectivity index (χ3n) is 2.72. The summed E-state index contributed by atoms with van der Waals surface area (Å²) in [5.41, 5.74) is 8.78. The molecular weight excluding hydrogens is 228 g/mol. The number of hydrogen-bond acceptors (Lipinski definition) is 3. The molecule has 0 amide bonds. The smallest absolute Gasteiger partial charge is 0.337 e. The highest BCUT2D eigenvalue weighted by Crippen LogP contribution is 2.27. The van der Waals surface area contributed by atoms with Crippen molar-refractivity contribution in [2.45, 2.75) is 6.92 Å². The van der Waals surface area contributed by atoms with E-state index in [-0.39, 0.29) is 5.56 Å². The highest BCUT2D eigenvalue weighted by atomic mass is 16.4. The third kappa shape index (κ3) is 2.27. The maximum Gasteiger partial charge on any atom is 0.337 e. The molecule has 92 valence electrons. The molecule has 4 nitrogen and oxygen atoms in total. The Kier molecular flexibility index (Phi) is 3.19. The quantitative estimate of drug-likeness (QED) is 0.723. The van der Waals surface area contributed by atoms with E-state index in [4.69, 9.17) is 10.8 Å². The molecule has 0 unspecified atom stereocenters. The summed E-state index contributed by atoms with van der Waals surface area (Å²) in [4.78, 5) is 11.2. The average molecular weight is 242 g/mol. The zero-order valence-corrected chi connectivity index (χ0v) is 9.97. The van der Waals surface area contributed by atoms with Gasteiger partial charge in [0.05, 0.1) is 22.6 Å². The van der Waals surface area contributed by atoms with Crippen LogP contribution in [0.15, 0.2) is 42.5 Å². The lowest BCUT2D eigenvalue weighted by Crippen LogP contribution is -2.05.